The molecule has 1 aliphatic rings. The second-order valence-corrected chi connectivity index (χ2v) is 6.40. The first-order chi connectivity index (χ1) is 9.16. The van der Waals surface area contributed by atoms with Crippen LogP contribution in [-0.4, -0.2) is 5.75 Å². The van der Waals surface area contributed by atoms with Gasteiger partial charge in [0.05, 0.1) is 0 Å². The molecular formula is C17H19NS. The zero-order valence-corrected chi connectivity index (χ0v) is 12.2. The molecule has 0 aromatic heterocycles. The molecule has 0 aliphatic carbocycles. The summed E-state index contributed by atoms with van der Waals surface area (Å²) < 4.78 is 0. The summed E-state index contributed by atoms with van der Waals surface area (Å²) in [5.74, 6) is 1.52. The van der Waals surface area contributed by atoms with Crippen LogP contribution in [-0.2, 0) is 0 Å². The van der Waals surface area contributed by atoms with Crippen LogP contribution in [0, 0.1) is 13.8 Å². The monoisotopic (exact) mass is 269 g/mol. The molecule has 0 spiro atoms. The van der Waals surface area contributed by atoms with E-state index in [0.717, 1.165) is 5.75 Å². The molecule has 3 rings (SSSR count). The molecule has 1 nitrogen and oxygen atoms in total. The van der Waals surface area contributed by atoms with Gasteiger partial charge < -0.3 is 5.73 Å². The summed E-state index contributed by atoms with van der Waals surface area (Å²) in [5.41, 5.74) is 11.9. The molecule has 0 saturated heterocycles. The maximum absolute atomic E-state index is 6.57. The fourth-order valence-electron chi connectivity index (χ4n) is 2.82. The predicted octanol–water partition coefficient (Wildman–Crippen LogP) is 4.19. The zero-order valence-electron chi connectivity index (χ0n) is 11.4. The second-order valence-electron chi connectivity index (χ2n) is 5.34. The van der Waals surface area contributed by atoms with Gasteiger partial charge in [-0.3, -0.25) is 0 Å². The van der Waals surface area contributed by atoms with Crippen LogP contribution in [0.15, 0.2) is 47.4 Å². The molecule has 2 heteroatoms. The molecule has 1 heterocycles. The van der Waals surface area contributed by atoms with Gasteiger partial charge in [-0.05, 0) is 36.6 Å². The lowest BCUT2D eigenvalue weighted by Crippen LogP contribution is -2.20. The number of nitrogens with two attached hydrogens (primary N) is 1. The van der Waals surface area contributed by atoms with Gasteiger partial charge in [-0.25, -0.2) is 0 Å². The van der Waals surface area contributed by atoms with Crippen LogP contribution in [0.2, 0.25) is 0 Å². The number of hydrogen-bond acceptors (Lipinski definition) is 2. The van der Waals surface area contributed by atoms with E-state index >= 15 is 0 Å². The fraction of sp³-hybridized carbons (Fsp3) is 0.294. The number of thioether (sulfide) groups is 1. The lowest BCUT2D eigenvalue weighted by molar-refractivity contribution is 0.604. The highest BCUT2D eigenvalue weighted by molar-refractivity contribution is 7.99. The molecular weight excluding hydrogens is 250 g/mol. The Balaban J connectivity index is 1.97. The maximum Gasteiger partial charge on any atom is 0.0375 e. The Morgan fingerprint density at radius 1 is 1.16 bits per heavy atom. The van der Waals surface area contributed by atoms with Crippen LogP contribution in [0.3, 0.4) is 0 Å². The van der Waals surface area contributed by atoms with Gasteiger partial charge in [-0.1, -0.05) is 42.0 Å². The van der Waals surface area contributed by atoms with E-state index in [1.807, 2.05) is 11.8 Å². The van der Waals surface area contributed by atoms with Crippen molar-refractivity contribution in [2.75, 3.05) is 5.75 Å². The number of aryl methyl sites for hydroxylation is 2. The Hall–Kier alpha value is -1.25. The summed E-state index contributed by atoms with van der Waals surface area (Å²) in [6, 6.07) is 15.3. The summed E-state index contributed by atoms with van der Waals surface area (Å²) in [6.45, 7) is 4.29. The lowest BCUT2D eigenvalue weighted by atomic mass is 9.87. The van der Waals surface area contributed by atoms with Gasteiger partial charge in [0.1, 0.15) is 0 Å². The molecule has 0 saturated carbocycles. The van der Waals surface area contributed by atoms with Crippen LogP contribution in [0.25, 0.3) is 0 Å². The molecule has 0 amide bonds. The van der Waals surface area contributed by atoms with E-state index in [2.05, 4.69) is 56.3 Å². The van der Waals surface area contributed by atoms with E-state index in [-0.39, 0.29) is 6.04 Å². The number of benzene rings is 2. The lowest BCUT2D eigenvalue weighted by Gasteiger charge is -2.22. The number of rotatable bonds is 2. The SMILES string of the molecule is Cc1ccc(C)c(C(N)C2CSc3ccccc32)c1. The highest BCUT2D eigenvalue weighted by Gasteiger charge is 2.29. The Kier molecular flexibility index (Phi) is 3.38. The van der Waals surface area contributed by atoms with Crippen LogP contribution >= 0.6 is 11.8 Å². The smallest absolute Gasteiger partial charge is 0.0375 e. The van der Waals surface area contributed by atoms with Gasteiger partial charge in [-0.15, -0.1) is 11.8 Å². The van der Waals surface area contributed by atoms with Crippen molar-refractivity contribution in [1.29, 1.82) is 0 Å². The normalized spacial score (nSPS) is 19.2. The summed E-state index contributed by atoms with van der Waals surface area (Å²) >= 11 is 1.93. The number of fused-ring (bicyclic) bond motifs is 1. The minimum atomic E-state index is 0.0936. The van der Waals surface area contributed by atoms with Crippen molar-refractivity contribution in [3.05, 3.63) is 64.7 Å². The van der Waals surface area contributed by atoms with E-state index in [0.29, 0.717) is 5.92 Å². The Morgan fingerprint density at radius 3 is 2.79 bits per heavy atom. The molecule has 2 N–H and O–H groups in total. The third kappa shape index (κ3) is 2.31. The van der Waals surface area contributed by atoms with Crippen LogP contribution < -0.4 is 5.73 Å². The van der Waals surface area contributed by atoms with Crippen LogP contribution in [0.1, 0.15) is 34.2 Å². The standard InChI is InChI=1S/C17H19NS/c1-11-7-8-12(2)14(9-11)17(18)15-10-19-16-6-4-3-5-13(15)16/h3-9,15,17H,10,18H2,1-2H3. The van der Waals surface area contributed by atoms with Crippen molar-refractivity contribution in [2.45, 2.75) is 30.7 Å². The molecule has 0 fully saturated rings. The van der Waals surface area contributed by atoms with Crippen molar-refractivity contribution >= 4 is 11.8 Å². The summed E-state index contributed by atoms with van der Waals surface area (Å²) in [5, 5.41) is 0. The largest absolute Gasteiger partial charge is 0.323 e. The van der Waals surface area contributed by atoms with E-state index in [4.69, 9.17) is 5.73 Å². The minimum Gasteiger partial charge on any atom is -0.323 e. The molecule has 19 heavy (non-hydrogen) atoms. The first-order valence-corrected chi connectivity index (χ1v) is 7.70. The summed E-state index contributed by atoms with van der Waals surface area (Å²) in [7, 11) is 0. The Bertz CT molecular complexity index is 606. The van der Waals surface area contributed by atoms with Crippen LogP contribution in [0.4, 0.5) is 0 Å². The van der Waals surface area contributed by atoms with Gasteiger partial charge in [0.25, 0.3) is 0 Å². The first kappa shape index (κ1) is 12.8. The van der Waals surface area contributed by atoms with Gasteiger partial charge >= 0.3 is 0 Å². The average molecular weight is 269 g/mol. The van der Waals surface area contributed by atoms with Gasteiger partial charge in [-0.2, -0.15) is 0 Å². The van der Waals surface area contributed by atoms with Crippen LogP contribution in [0.5, 0.6) is 0 Å². The Morgan fingerprint density at radius 2 is 1.95 bits per heavy atom. The molecule has 2 aromatic rings. The molecule has 2 atom stereocenters. The zero-order chi connectivity index (χ0) is 13.4. The number of hydrogen-bond donors (Lipinski definition) is 1. The average Bonchev–Trinajstić information content (AvgIpc) is 2.84. The van der Waals surface area contributed by atoms with Crippen molar-refractivity contribution in [3.8, 4) is 0 Å². The van der Waals surface area contributed by atoms with Crippen molar-refractivity contribution in [2.24, 2.45) is 5.73 Å². The highest BCUT2D eigenvalue weighted by Crippen LogP contribution is 2.45. The molecule has 1 aliphatic heterocycles. The third-order valence-electron chi connectivity index (χ3n) is 3.96. The highest BCUT2D eigenvalue weighted by atomic mass is 32.2. The molecule has 0 radical (unpaired) electrons. The fourth-order valence-corrected chi connectivity index (χ4v) is 4.13. The van der Waals surface area contributed by atoms with E-state index in [9.17, 15) is 0 Å². The summed E-state index contributed by atoms with van der Waals surface area (Å²) in [6.07, 6.45) is 0. The minimum absolute atomic E-state index is 0.0936. The van der Waals surface area contributed by atoms with Crippen molar-refractivity contribution in [3.63, 3.8) is 0 Å². The van der Waals surface area contributed by atoms with Gasteiger partial charge in [0, 0.05) is 22.6 Å². The van der Waals surface area contributed by atoms with Crippen molar-refractivity contribution in [1.82, 2.24) is 0 Å². The maximum atomic E-state index is 6.57. The molecule has 98 valence electrons. The van der Waals surface area contributed by atoms with Crippen molar-refractivity contribution < 1.29 is 0 Å². The second kappa shape index (κ2) is 5.03. The first-order valence-electron chi connectivity index (χ1n) is 6.71. The summed E-state index contributed by atoms with van der Waals surface area (Å²) in [4.78, 5) is 1.40. The quantitative estimate of drug-likeness (QED) is 0.884. The van der Waals surface area contributed by atoms with Gasteiger partial charge in [0.15, 0.2) is 0 Å². The topological polar surface area (TPSA) is 26.0 Å². The van der Waals surface area contributed by atoms with Gasteiger partial charge in [0.2, 0.25) is 0 Å². The third-order valence-corrected chi connectivity index (χ3v) is 5.17. The Labute approximate surface area is 119 Å². The molecule has 2 aromatic carbocycles. The molecule has 0 bridgehead atoms. The van der Waals surface area contributed by atoms with E-state index in [1.54, 1.807) is 0 Å². The molecule has 2 unspecified atom stereocenters. The van der Waals surface area contributed by atoms with E-state index < -0.39 is 0 Å². The predicted molar refractivity (Wildman–Crippen MR) is 82.8 cm³/mol. The van der Waals surface area contributed by atoms with E-state index in [1.165, 1.54) is 27.1 Å².